The molecule has 0 N–H and O–H groups in total. The van der Waals surface area contributed by atoms with Gasteiger partial charge in [-0.2, -0.15) is 0 Å². The highest BCUT2D eigenvalue weighted by Crippen LogP contribution is 1.98. The van der Waals surface area contributed by atoms with Crippen LogP contribution in [0.3, 0.4) is 0 Å². The third-order valence-electron chi connectivity index (χ3n) is 1.86. The van der Waals surface area contributed by atoms with E-state index in [9.17, 15) is 9.59 Å². The van der Waals surface area contributed by atoms with E-state index < -0.39 is 9.52 Å². The standard InChI is InChI=1S/C11H18O3Si/c1-8(2)10(12)14-6-5-7-15-11(13)9(3)4/h1,3,5-7,15H2,2,4H3. The average molecular weight is 226 g/mol. The number of hydrogen-bond acceptors (Lipinski definition) is 3. The summed E-state index contributed by atoms with van der Waals surface area (Å²) in [4.78, 5) is 22.1. The van der Waals surface area contributed by atoms with Gasteiger partial charge < -0.3 is 9.53 Å². The molecule has 0 aromatic carbocycles. The van der Waals surface area contributed by atoms with Gasteiger partial charge in [0.25, 0.3) is 0 Å². The van der Waals surface area contributed by atoms with Gasteiger partial charge in [-0.3, -0.25) is 0 Å². The van der Waals surface area contributed by atoms with E-state index in [-0.39, 0.29) is 11.4 Å². The first-order valence-corrected chi connectivity index (χ1v) is 6.67. The molecule has 15 heavy (non-hydrogen) atoms. The largest absolute Gasteiger partial charge is 0.462 e. The van der Waals surface area contributed by atoms with Crippen LogP contribution in [0.1, 0.15) is 20.3 Å². The molecule has 4 heteroatoms. The highest BCUT2D eigenvalue weighted by molar-refractivity contribution is 6.77. The van der Waals surface area contributed by atoms with Gasteiger partial charge in [-0.05, 0) is 25.8 Å². The van der Waals surface area contributed by atoms with Crippen molar-refractivity contribution in [1.29, 1.82) is 0 Å². The van der Waals surface area contributed by atoms with Gasteiger partial charge in [-0.15, -0.1) is 0 Å². The Bertz CT molecular complexity index is 254. The fourth-order valence-electron chi connectivity index (χ4n) is 0.889. The van der Waals surface area contributed by atoms with Crippen LogP contribution >= 0.6 is 0 Å². The molecule has 0 aromatic rings. The summed E-state index contributed by atoms with van der Waals surface area (Å²) in [5.74, 6) is -0.358. The van der Waals surface area contributed by atoms with Crippen molar-refractivity contribution in [2.75, 3.05) is 6.61 Å². The fraction of sp³-hybridized carbons (Fsp3) is 0.455. The normalized spacial score (nSPS) is 10.3. The van der Waals surface area contributed by atoms with Gasteiger partial charge in [0, 0.05) is 5.57 Å². The number of hydrogen-bond donors (Lipinski definition) is 0. The zero-order valence-corrected chi connectivity index (χ0v) is 10.9. The maximum absolute atomic E-state index is 11.2. The van der Waals surface area contributed by atoms with E-state index in [1.807, 2.05) is 0 Å². The SMILES string of the molecule is C=C(C)C(=O)OCCC[SiH2]C(=O)C(=C)C. The van der Waals surface area contributed by atoms with Crippen LogP contribution in [0.4, 0.5) is 0 Å². The summed E-state index contributed by atoms with van der Waals surface area (Å²) >= 11 is 0. The van der Waals surface area contributed by atoms with Crippen LogP contribution in [-0.4, -0.2) is 27.5 Å². The highest BCUT2D eigenvalue weighted by atomic mass is 28.2. The van der Waals surface area contributed by atoms with Gasteiger partial charge >= 0.3 is 5.97 Å². The van der Waals surface area contributed by atoms with E-state index in [4.69, 9.17) is 4.74 Å². The van der Waals surface area contributed by atoms with Gasteiger partial charge in [0.2, 0.25) is 0 Å². The van der Waals surface area contributed by atoms with Crippen molar-refractivity contribution in [3.63, 3.8) is 0 Å². The molecule has 0 spiro atoms. The minimum Gasteiger partial charge on any atom is -0.462 e. The lowest BCUT2D eigenvalue weighted by Crippen LogP contribution is -2.11. The van der Waals surface area contributed by atoms with Gasteiger partial charge in [0.15, 0.2) is 0 Å². The van der Waals surface area contributed by atoms with Crippen LogP contribution in [0.25, 0.3) is 0 Å². The van der Waals surface area contributed by atoms with E-state index >= 15 is 0 Å². The van der Waals surface area contributed by atoms with E-state index in [0.717, 1.165) is 12.5 Å². The molecule has 0 rings (SSSR count). The molecular weight excluding hydrogens is 208 g/mol. The van der Waals surface area contributed by atoms with Crippen molar-refractivity contribution in [1.82, 2.24) is 0 Å². The Morgan fingerprint density at radius 3 is 2.27 bits per heavy atom. The molecule has 0 aliphatic rings. The molecule has 0 bridgehead atoms. The minimum atomic E-state index is -0.728. The molecule has 0 heterocycles. The molecule has 0 aliphatic heterocycles. The maximum Gasteiger partial charge on any atom is 0.333 e. The lowest BCUT2D eigenvalue weighted by molar-refractivity contribution is -0.138. The number of ether oxygens (including phenoxy) is 1. The zero-order chi connectivity index (χ0) is 11.8. The smallest absolute Gasteiger partial charge is 0.333 e. The molecule has 0 aliphatic carbocycles. The summed E-state index contributed by atoms with van der Waals surface area (Å²) in [5.41, 5.74) is 1.05. The number of carbonyl (C=O) groups excluding carboxylic acids is 2. The van der Waals surface area contributed by atoms with Crippen molar-refractivity contribution in [2.24, 2.45) is 0 Å². The predicted octanol–water partition coefficient (Wildman–Crippen LogP) is 1.19. The molecule has 0 unspecified atom stereocenters. The van der Waals surface area contributed by atoms with Crippen molar-refractivity contribution >= 4 is 20.9 Å². The second-order valence-corrected chi connectivity index (χ2v) is 5.43. The molecule has 0 aromatic heterocycles. The number of carbonyl (C=O) groups is 2. The molecular formula is C11H18O3Si. The number of esters is 1. The Kier molecular flexibility index (Phi) is 6.62. The zero-order valence-electron chi connectivity index (χ0n) is 9.47. The van der Waals surface area contributed by atoms with Crippen LogP contribution in [-0.2, 0) is 14.3 Å². The molecule has 3 nitrogen and oxygen atoms in total. The summed E-state index contributed by atoms with van der Waals surface area (Å²) in [6.45, 7) is 10.8. The second kappa shape index (κ2) is 7.17. The summed E-state index contributed by atoms with van der Waals surface area (Å²) in [6.07, 6.45) is 0.754. The van der Waals surface area contributed by atoms with Crippen LogP contribution in [0.2, 0.25) is 6.04 Å². The Hall–Kier alpha value is -1.16. The third-order valence-corrected chi connectivity index (χ3v) is 3.77. The van der Waals surface area contributed by atoms with Crippen molar-refractivity contribution in [3.8, 4) is 0 Å². The van der Waals surface area contributed by atoms with Crippen molar-refractivity contribution < 1.29 is 14.3 Å². The van der Waals surface area contributed by atoms with E-state index in [1.165, 1.54) is 0 Å². The Labute approximate surface area is 93.0 Å². The predicted molar refractivity (Wildman–Crippen MR) is 63.6 cm³/mol. The molecule has 0 radical (unpaired) electrons. The van der Waals surface area contributed by atoms with Crippen molar-refractivity contribution in [3.05, 3.63) is 24.3 Å². The average Bonchev–Trinajstić information content (AvgIpc) is 2.16. The molecule has 84 valence electrons. The lowest BCUT2D eigenvalue weighted by atomic mass is 10.4. The van der Waals surface area contributed by atoms with Crippen LogP contribution in [0, 0.1) is 0 Å². The summed E-state index contributed by atoms with van der Waals surface area (Å²) < 4.78 is 4.90. The maximum atomic E-state index is 11.2. The first-order chi connectivity index (χ1) is 6.95. The Balaban J connectivity index is 3.48. The molecule has 0 saturated carbocycles. The second-order valence-electron chi connectivity index (χ2n) is 3.58. The summed E-state index contributed by atoms with van der Waals surface area (Å²) in [5, 5.41) is 0.209. The Morgan fingerprint density at radius 2 is 1.80 bits per heavy atom. The van der Waals surface area contributed by atoms with Gasteiger partial charge in [0.1, 0.15) is 14.9 Å². The fourth-order valence-corrected chi connectivity index (χ4v) is 2.09. The van der Waals surface area contributed by atoms with Crippen molar-refractivity contribution in [2.45, 2.75) is 26.3 Å². The highest BCUT2D eigenvalue weighted by Gasteiger charge is 2.04. The van der Waals surface area contributed by atoms with E-state index in [0.29, 0.717) is 17.8 Å². The van der Waals surface area contributed by atoms with E-state index in [2.05, 4.69) is 13.2 Å². The first kappa shape index (κ1) is 13.8. The molecule has 0 fully saturated rings. The van der Waals surface area contributed by atoms with Gasteiger partial charge in [-0.1, -0.05) is 19.2 Å². The van der Waals surface area contributed by atoms with Crippen LogP contribution in [0.5, 0.6) is 0 Å². The van der Waals surface area contributed by atoms with Crippen LogP contribution in [0.15, 0.2) is 24.3 Å². The number of allylic oxidation sites excluding steroid dienone is 1. The van der Waals surface area contributed by atoms with Gasteiger partial charge in [0.05, 0.1) is 6.61 Å². The lowest BCUT2D eigenvalue weighted by Gasteiger charge is -2.03. The monoisotopic (exact) mass is 226 g/mol. The number of rotatable bonds is 7. The topological polar surface area (TPSA) is 43.4 Å². The van der Waals surface area contributed by atoms with E-state index in [1.54, 1.807) is 13.8 Å². The molecule has 0 saturated heterocycles. The first-order valence-electron chi connectivity index (χ1n) is 4.96. The Morgan fingerprint density at radius 1 is 1.20 bits per heavy atom. The summed E-state index contributed by atoms with van der Waals surface area (Å²) in [6, 6.07) is 0.856. The molecule has 0 amide bonds. The third kappa shape index (κ3) is 6.85. The molecule has 0 atom stereocenters. The summed E-state index contributed by atoms with van der Waals surface area (Å²) in [7, 11) is -0.728. The quantitative estimate of drug-likeness (QED) is 0.283. The van der Waals surface area contributed by atoms with Gasteiger partial charge in [-0.25, -0.2) is 4.79 Å². The van der Waals surface area contributed by atoms with Crippen LogP contribution < -0.4 is 0 Å². The minimum absolute atomic E-state index is 0.209.